The molecule has 3 heterocycles. The van der Waals surface area contributed by atoms with Crippen molar-refractivity contribution in [3.8, 4) is 5.69 Å². The first kappa shape index (κ1) is 21.6. The molecular formula is C18H21F3N6O3. The van der Waals surface area contributed by atoms with Crippen molar-refractivity contribution in [2.24, 2.45) is 4.99 Å². The minimum atomic E-state index is -4.55. The van der Waals surface area contributed by atoms with Crippen molar-refractivity contribution in [2.45, 2.75) is 13.1 Å². The van der Waals surface area contributed by atoms with E-state index >= 15 is 0 Å². The Morgan fingerprint density at radius 2 is 2.03 bits per heavy atom. The molecule has 1 aliphatic rings. The summed E-state index contributed by atoms with van der Waals surface area (Å²) in [6.07, 6.45) is -2.12. The number of hydrogen-bond acceptors (Lipinski definition) is 6. The van der Waals surface area contributed by atoms with Crippen LogP contribution in [0.2, 0.25) is 0 Å². The summed E-state index contributed by atoms with van der Waals surface area (Å²) in [6.45, 7) is 3.79. The maximum Gasteiger partial charge on any atom is 0.433 e. The highest BCUT2D eigenvalue weighted by molar-refractivity contribution is 6.01. The van der Waals surface area contributed by atoms with Gasteiger partial charge in [0.2, 0.25) is 0 Å². The van der Waals surface area contributed by atoms with Crippen LogP contribution in [0, 0.1) is 6.92 Å². The van der Waals surface area contributed by atoms with E-state index < -0.39 is 17.8 Å². The number of morpholine rings is 1. The fraction of sp³-hybridized carbons (Fsp3) is 0.444. The highest BCUT2D eigenvalue weighted by atomic mass is 19.4. The standard InChI is InChI=1S/C18H21F3N6O3/c1-11-8-14(18(19,20)21)23-9-13(11)27-10-12(16(28)29-3)15(25-27)24-17(22-2)26-4-6-30-7-5-26/h8-10H,4-7H2,1-3H3,(H,22,24,25). The summed E-state index contributed by atoms with van der Waals surface area (Å²) in [7, 11) is 2.82. The largest absolute Gasteiger partial charge is 0.465 e. The van der Waals surface area contributed by atoms with Crippen molar-refractivity contribution < 1.29 is 27.4 Å². The quantitative estimate of drug-likeness (QED) is 0.456. The van der Waals surface area contributed by atoms with Crippen molar-refractivity contribution in [3.05, 3.63) is 35.3 Å². The summed E-state index contributed by atoms with van der Waals surface area (Å²) >= 11 is 0. The third-order valence-electron chi connectivity index (χ3n) is 4.49. The summed E-state index contributed by atoms with van der Waals surface area (Å²) in [5, 5.41) is 7.34. The zero-order chi connectivity index (χ0) is 21.9. The molecule has 2 aromatic heterocycles. The zero-order valence-corrected chi connectivity index (χ0v) is 16.7. The molecule has 0 unspecified atom stereocenters. The van der Waals surface area contributed by atoms with Gasteiger partial charge in [0.05, 0.1) is 32.2 Å². The number of rotatable bonds is 3. The number of nitrogens with zero attached hydrogens (tertiary/aromatic N) is 5. The summed E-state index contributed by atoms with van der Waals surface area (Å²) in [5.41, 5.74) is -0.315. The van der Waals surface area contributed by atoms with Crippen LogP contribution >= 0.6 is 0 Å². The molecule has 0 aliphatic carbocycles. The number of pyridine rings is 1. The molecule has 1 aliphatic heterocycles. The Kier molecular flexibility index (Phi) is 6.25. The normalized spacial score (nSPS) is 15.3. The lowest BCUT2D eigenvalue weighted by Crippen LogP contribution is -2.44. The lowest BCUT2D eigenvalue weighted by Gasteiger charge is -2.29. The van der Waals surface area contributed by atoms with Crippen LogP contribution in [0.5, 0.6) is 0 Å². The molecule has 0 bridgehead atoms. The van der Waals surface area contributed by atoms with Crippen molar-refractivity contribution in [3.63, 3.8) is 0 Å². The van der Waals surface area contributed by atoms with E-state index in [4.69, 9.17) is 9.47 Å². The lowest BCUT2D eigenvalue weighted by atomic mass is 10.2. The Morgan fingerprint density at radius 1 is 1.33 bits per heavy atom. The smallest absolute Gasteiger partial charge is 0.433 e. The van der Waals surface area contributed by atoms with Crippen LogP contribution in [0.1, 0.15) is 21.6 Å². The van der Waals surface area contributed by atoms with Gasteiger partial charge in [0.1, 0.15) is 11.3 Å². The first-order valence-corrected chi connectivity index (χ1v) is 9.03. The molecule has 12 heteroatoms. The van der Waals surface area contributed by atoms with Gasteiger partial charge in [-0.25, -0.2) is 14.5 Å². The van der Waals surface area contributed by atoms with Gasteiger partial charge in [0.15, 0.2) is 11.8 Å². The molecule has 0 aromatic carbocycles. The zero-order valence-electron chi connectivity index (χ0n) is 16.7. The summed E-state index contributed by atoms with van der Waals surface area (Å²) < 4.78 is 50.1. The average molecular weight is 426 g/mol. The van der Waals surface area contributed by atoms with Crippen molar-refractivity contribution in [1.29, 1.82) is 0 Å². The van der Waals surface area contributed by atoms with Crippen LogP contribution in [0.15, 0.2) is 23.5 Å². The molecule has 1 fully saturated rings. The van der Waals surface area contributed by atoms with E-state index in [0.717, 1.165) is 12.3 Å². The number of hydrogen-bond donors (Lipinski definition) is 1. The number of anilines is 1. The molecule has 0 radical (unpaired) electrons. The SMILES string of the molecule is CN=C(Nc1nn(-c2cnc(C(F)(F)F)cc2C)cc1C(=O)OC)N1CCOCC1. The molecule has 2 aromatic rings. The van der Waals surface area contributed by atoms with E-state index in [9.17, 15) is 18.0 Å². The Balaban J connectivity index is 1.96. The minimum Gasteiger partial charge on any atom is -0.465 e. The number of aliphatic imine (C=N–C) groups is 1. The number of nitrogens with one attached hydrogen (secondary N) is 1. The molecule has 162 valence electrons. The molecule has 3 rings (SSSR count). The van der Waals surface area contributed by atoms with E-state index in [0.29, 0.717) is 43.5 Å². The first-order valence-electron chi connectivity index (χ1n) is 9.03. The molecule has 1 saturated heterocycles. The average Bonchev–Trinajstić information content (AvgIpc) is 3.14. The Morgan fingerprint density at radius 3 is 2.60 bits per heavy atom. The summed E-state index contributed by atoms with van der Waals surface area (Å²) in [6, 6.07) is 0.925. The van der Waals surface area contributed by atoms with Gasteiger partial charge in [-0.1, -0.05) is 0 Å². The van der Waals surface area contributed by atoms with Gasteiger partial charge in [0.25, 0.3) is 0 Å². The topological polar surface area (TPSA) is 93.9 Å². The van der Waals surface area contributed by atoms with Gasteiger partial charge in [-0.05, 0) is 18.6 Å². The number of aryl methyl sites for hydroxylation is 1. The van der Waals surface area contributed by atoms with Gasteiger partial charge in [-0.15, -0.1) is 5.10 Å². The van der Waals surface area contributed by atoms with E-state index in [2.05, 4.69) is 20.4 Å². The highest BCUT2D eigenvalue weighted by Crippen LogP contribution is 2.29. The Labute approximate surface area is 170 Å². The molecule has 0 spiro atoms. The van der Waals surface area contributed by atoms with Crippen molar-refractivity contribution >= 4 is 17.7 Å². The minimum absolute atomic E-state index is 0.103. The number of methoxy groups -OCH3 is 1. The lowest BCUT2D eigenvalue weighted by molar-refractivity contribution is -0.141. The van der Waals surface area contributed by atoms with E-state index in [1.807, 2.05) is 4.90 Å². The number of carbonyl (C=O) groups excluding carboxylic acids is 1. The maximum absolute atomic E-state index is 12.9. The number of alkyl halides is 3. The van der Waals surface area contributed by atoms with Crippen LogP contribution < -0.4 is 5.32 Å². The summed E-state index contributed by atoms with van der Waals surface area (Å²) in [5.74, 6) is -0.0112. The van der Waals surface area contributed by atoms with Gasteiger partial charge in [-0.2, -0.15) is 13.2 Å². The monoisotopic (exact) mass is 426 g/mol. The third kappa shape index (κ3) is 4.53. The number of carbonyl (C=O) groups is 1. The molecule has 0 saturated carbocycles. The predicted octanol–water partition coefficient (Wildman–Crippen LogP) is 2.11. The molecule has 0 atom stereocenters. The molecule has 1 N–H and O–H groups in total. The molecule has 9 nitrogen and oxygen atoms in total. The second-order valence-electron chi connectivity index (χ2n) is 6.45. The van der Waals surface area contributed by atoms with Gasteiger partial charge < -0.3 is 19.7 Å². The highest BCUT2D eigenvalue weighted by Gasteiger charge is 2.33. The second-order valence-corrected chi connectivity index (χ2v) is 6.45. The fourth-order valence-corrected chi connectivity index (χ4v) is 2.95. The maximum atomic E-state index is 12.9. The van der Waals surface area contributed by atoms with Crippen LogP contribution in [0.25, 0.3) is 5.69 Å². The third-order valence-corrected chi connectivity index (χ3v) is 4.49. The second kappa shape index (κ2) is 8.69. The number of ether oxygens (including phenoxy) is 2. The van der Waals surface area contributed by atoms with Crippen LogP contribution in [0.4, 0.5) is 19.0 Å². The number of aromatic nitrogens is 3. The van der Waals surface area contributed by atoms with Crippen molar-refractivity contribution in [1.82, 2.24) is 19.7 Å². The summed E-state index contributed by atoms with van der Waals surface area (Å²) in [4.78, 5) is 21.9. The number of guanidine groups is 1. The van der Waals surface area contributed by atoms with Gasteiger partial charge in [-0.3, -0.25) is 4.99 Å². The molecule has 30 heavy (non-hydrogen) atoms. The van der Waals surface area contributed by atoms with Gasteiger partial charge >= 0.3 is 12.1 Å². The van der Waals surface area contributed by atoms with E-state index in [1.54, 1.807) is 7.05 Å². The Bertz CT molecular complexity index is 951. The van der Waals surface area contributed by atoms with Gasteiger partial charge in [0, 0.05) is 26.3 Å². The number of halogens is 3. The van der Waals surface area contributed by atoms with Crippen LogP contribution in [-0.2, 0) is 15.7 Å². The molecular weight excluding hydrogens is 405 g/mol. The van der Waals surface area contributed by atoms with E-state index in [1.165, 1.54) is 24.9 Å². The van der Waals surface area contributed by atoms with Crippen LogP contribution in [-0.4, -0.2) is 72.1 Å². The predicted molar refractivity (Wildman–Crippen MR) is 102 cm³/mol. The van der Waals surface area contributed by atoms with E-state index in [-0.39, 0.29) is 11.4 Å². The van der Waals surface area contributed by atoms with Crippen LogP contribution in [0.3, 0.4) is 0 Å². The number of esters is 1. The first-order chi connectivity index (χ1) is 14.2. The van der Waals surface area contributed by atoms with Crippen molar-refractivity contribution in [2.75, 3.05) is 45.8 Å². The molecule has 0 amide bonds. The Hall–Kier alpha value is -3.15. The fourth-order valence-electron chi connectivity index (χ4n) is 2.95.